The van der Waals surface area contributed by atoms with Crippen LogP contribution in [0.1, 0.15) is 6.92 Å². The molecule has 0 bridgehead atoms. The molecule has 0 unspecified atom stereocenters. The number of rotatable bonds is 5. The van der Waals surface area contributed by atoms with Gasteiger partial charge >= 0.3 is 6.18 Å². The number of halogens is 3. The van der Waals surface area contributed by atoms with Crippen LogP contribution in [0.5, 0.6) is 0 Å². The second kappa shape index (κ2) is 6.68. The summed E-state index contributed by atoms with van der Waals surface area (Å²) >= 11 is 0. The van der Waals surface area contributed by atoms with Gasteiger partial charge in [0.25, 0.3) is 0 Å². The van der Waals surface area contributed by atoms with Crippen molar-refractivity contribution in [2.75, 3.05) is 0 Å². The third-order valence-corrected chi connectivity index (χ3v) is 1.87. The van der Waals surface area contributed by atoms with Crippen LogP contribution in [-0.2, 0) is 0 Å². The Morgan fingerprint density at radius 1 is 1.18 bits per heavy atom. The maximum Gasteiger partial charge on any atom is 0.416 e. The van der Waals surface area contributed by atoms with Crippen LogP contribution in [0.15, 0.2) is 60.3 Å². The summed E-state index contributed by atoms with van der Waals surface area (Å²) in [7, 11) is 0. The smallest absolute Gasteiger partial charge is 0.309 e. The summed E-state index contributed by atoms with van der Waals surface area (Å²) < 4.78 is 38.1. The van der Waals surface area contributed by atoms with E-state index in [0.29, 0.717) is 0 Å². The van der Waals surface area contributed by atoms with Gasteiger partial charge in [-0.15, -0.1) is 0 Å². The van der Waals surface area contributed by atoms with Gasteiger partial charge in [-0.3, -0.25) is 0 Å². The zero-order valence-corrected chi connectivity index (χ0v) is 9.51. The highest BCUT2D eigenvalue weighted by Crippen LogP contribution is 2.33. The Labute approximate surface area is 98.9 Å². The molecule has 0 atom stereocenters. The first-order valence-corrected chi connectivity index (χ1v) is 4.80. The zero-order chi connectivity index (χ0) is 13.5. The molecule has 0 heterocycles. The van der Waals surface area contributed by atoms with Crippen molar-refractivity contribution in [1.82, 2.24) is 0 Å². The van der Waals surface area contributed by atoms with Gasteiger partial charge in [-0.1, -0.05) is 31.4 Å². The predicted octanol–water partition coefficient (Wildman–Crippen LogP) is 4.37. The molecule has 4 heteroatoms. The van der Waals surface area contributed by atoms with E-state index in [4.69, 9.17) is 5.41 Å². The lowest BCUT2D eigenvalue weighted by atomic mass is 9.99. The van der Waals surface area contributed by atoms with E-state index in [2.05, 4.69) is 13.2 Å². The number of hydrogen-bond acceptors (Lipinski definition) is 1. The van der Waals surface area contributed by atoms with Crippen molar-refractivity contribution in [3.8, 4) is 0 Å². The number of allylic oxidation sites excluding steroid dienone is 8. The van der Waals surface area contributed by atoms with Gasteiger partial charge in [-0.05, 0) is 30.2 Å². The molecular weight excluding hydrogens is 227 g/mol. The van der Waals surface area contributed by atoms with E-state index in [9.17, 15) is 13.2 Å². The van der Waals surface area contributed by atoms with Crippen molar-refractivity contribution < 1.29 is 13.2 Å². The van der Waals surface area contributed by atoms with E-state index in [1.807, 2.05) is 0 Å². The van der Waals surface area contributed by atoms with E-state index in [0.717, 1.165) is 12.3 Å². The molecular formula is C13H14F3N. The molecule has 0 amide bonds. The molecule has 0 fully saturated rings. The Morgan fingerprint density at radius 3 is 2.18 bits per heavy atom. The SMILES string of the molecule is C=C(/C=C\C=N)C(=C)/C(=C\C=C/C)C(F)(F)F. The van der Waals surface area contributed by atoms with Crippen LogP contribution in [0.4, 0.5) is 13.2 Å². The normalized spacial score (nSPS) is 13.3. The lowest BCUT2D eigenvalue weighted by molar-refractivity contribution is -0.0890. The highest BCUT2D eigenvalue weighted by Gasteiger charge is 2.35. The van der Waals surface area contributed by atoms with Crippen LogP contribution in [0.25, 0.3) is 0 Å². The summed E-state index contributed by atoms with van der Waals surface area (Å²) in [6.07, 6.45) is 2.82. The standard InChI is InChI=1S/C13H14F3N/c1-4-5-8-12(13(14,15)16)11(3)10(2)7-6-9-17/h4-9,17H,2-3H2,1H3/b5-4-,7-6-,12-8+,17-9?. The molecule has 1 N–H and O–H groups in total. The van der Waals surface area contributed by atoms with Gasteiger partial charge in [0.2, 0.25) is 0 Å². The summed E-state index contributed by atoms with van der Waals surface area (Å²) in [4.78, 5) is 0. The van der Waals surface area contributed by atoms with Crippen molar-refractivity contribution in [3.63, 3.8) is 0 Å². The highest BCUT2D eigenvalue weighted by molar-refractivity contribution is 5.69. The van der Waals surface area contributed by atoms with E-state index >= 15 is 0 Å². The maximum absolute atomic E-state index is 12.7. The van der Waals surface area contributed by atoms with Gasteiger partial charge in [0, 0.05) is 6.21 Å². The highest BCUT2D eigenvalue weighted by atomic mass is 19.4. The van der Waals surface area contributed by atoms with Crippen LogP contribution in [0.3, 0.4) is 0 Å². The molecule has 0 aliphatic heterocycles. The second-order valence-corrected chi connectivity index (χ2v) is 3.13. The fourth-order valence-corrected chi connectivity index (χ4v) is 0.996. The second-order valence-electron chi connectivity index (χ2n) is 3.13. The Balaban J connectivity index is 5.22. The fourth-order valence-electron chi connectivity index (χ4n) is 0.996. The Hall–Kier alpha value is -1.84. The Kier molecular flexibility index (Phi) is 5.96. The quantitative estimate of drug-likeness (QED) is 0.546. The van der Waals surface area contributed by atoms with Crippen LogP contribution >= 0.6 is 0 Å². The van der Waals surface area contributed by atoms with Crippen LogP contribution in [0.2, 0.25) is 0 Å². The molecule has 0 spiro atoms. The van der Waals surface area contributed by atoms with Crippen molar-refractivity contribution in [1.29, 1.82) is 5.41 Å². The third-order valence-electron chi connectivity index (χ3n) is 1.87. The van der Waals surface area contributed by atoms with E-state index in [1.165, 1.54) is 24.3 Å². The summed E-state index contributed by atoms with van der Waals surface area (Å²) in [5.41, 5.74) is -0.912. The molecule has 0 aromatic carbocycles. The van der Waals surface area contributed by atoms with Crippen LogP contribution in [-0.4, -0.2) is 12.4 Å². The largest absolute Gasteiger partial charge is 0.416 e. The maximum atomic E-state index is 12.7. The van der Waals surface area contributed by atoms with Crippen molar-refractivity contribution in [2.24, 2.45) is 0 Å². The minimum atomic E-state index is -4.47. The van der Waals surface area contributed by atoms with Gasteiger partial charge in [-0.25, -0.2) is 0 Å². The van der Waals surface area contributed by atoms with Crippen molar-refractivity contribution in [2.45, 2.75) is 13.1 Å². The summed E-state index contributed by atoms with van der Waals surface area (Å²) in [5.74, 6) is 0. The van der Waals surface area contributed by atoms with Gasteiger partial charge in [0.15, 0.2) is 0 Å². The fraction of sp³-hybridized carbons (Fsp3) is 0.154. The van der Waals surface area contributed by atoms with E-state index in [1.54, 1.807) is 6.92 Å². The monoisotopic (exact) mass is 241 g/mol. The van der Waals surface area contributed by atoms with Gasteiger partial charge in [0.05, 0.1) is 5.57 Å². The summed E-state index contributed by atoms with van der Waals surface area (Å²) in [6.45, 7) is 8.48. The zero-order valence-electron chi connectivity index (χ0n) is 9.51. The molecule has 0 aromatic rings. The topological polar surface area (TPSA) is 23.9 Å². The molecule has 0 radical (unpaired) electrons. The third kappa shape index (κ3) is 5.15. The Morgan fingerprint density at radius 2 is 1.76 bits per heavy atom. The molecule has 1 nitrogen and oxygen atoms in total. The number of hydrogen-bond donors (Lipinski definition) is 1. The first kappa shape index (κ1) is 15.2. The average Bonchev–Trinajstić information content (AvgIpc) is 2.24. The van der Waals surface area contributed by atoms with Crippen LogP contribution in [0, 0.1) is 5.41 Å². The molecule has 0 rings (SSSR count). The lowest BCUT2D eigenvalue weighted by Crippen LogP contribution is -2.14. The van der Waals surface area contributed by atoms with Gasteiger partial charge in [0.1, 0.15) is 0 Å². The van der Waals surface area contributed by atoms with Gasteiger partial charge < -0.3 is 5.41 Å². The summed E-state index contributed by atoms with van der Waals surface area (Å²) in [6, 6.07) is 0. The molecule has 92 valence electrons. The molecule has 17 heavy (non-hydrogen) atoms. The molecule has 0 aliphatic rings. The molecule has 0 saturated heterocycles. The van der Waals surface area contributed by atoms with Crippen molar-refractivity contribution >= 4 is 6.21 Å². The predicted molar refractivity (Wildman–Crippen MR) is 65.2 cm³/mol. The first-order chi connectivity index (χ1) is 7.84. The molecule has 0 saturated carbocycles. The van der Waals surface area contributed by atoms with Gasteiger partial charge in [-0.2, -0.15) is 13.2 Å². The van der Waals surface area contributed by atoms with E-state index < -0.39 is 11.7 Å². The number of nitrogens with one attached hydrogen (secondary N) is 1. The molecule has 0 aromatic heterocycles. The summed E-state index contributed by atoms with van der Waals surface area (Å²) in [5, 5.41) is 6.75. The van der Waals surface area contributed by atoms with E-state index in [-0.39, 0.29) is 11.1 Å². The molecule has 0 aliphatic carbocycles. The Bertz CT molecular complexity index is 395. The minimum Gasteiger partial charge on any atom is -0.309 e. The number of alkyl halides is 3. The van der Waals surface area contributed by atoms with Crippen LogP contribution < -0.4 is 0 Å². The van der Waals surface area contributed by atoms with Crippen molar-refractivity contribution in [3.05, 3.63) is 60.3 Å². The first-order valence-electron chi connectivity index (χ1n) is 4.80. The lowest BCUT2D eigenvalue weighted by Gasteiger charge is -2.14. The minimum absolute atomic E-state index is 0.126. The average molecular weight is 241 g/mol.